The number of carbonyl (C=O) groups excluding carboxylic acids is 1. The molecule has 2 N–H and O–H groups in total. The molecule has 0 aliphatic heterocycles. The van der Waals surface area contributed by atoms with Crippen LogP contribution < -0.4 is 5.32 Å². The molecule has 0 bridgehead atoms. The molecule has 0 rings (SSSR count). The van der Waals surface area contributed by atoms with Crippen molar-refractivity contribution in [1.82, 2.24) is 5.32 Å². The quantitative estimate of drug-likeness (QED) is 0.636. The Labute approximate surface area is 84.7 Å². The van der Waals surface area contributed by atoms with Gasteiger partial charge in [0, 0.05) is 12.5 Å². The SMILES string of the molecule is CCCCNC(=O)C(C)C(C)C(=O)O. The monoisotopic (exact) mass is 201 g/mol. The number of unbranched alkanes of at least 4 members (excludes halogenated alkanes) is 1. The van der Waals surface area contributed by atoms with Crippen LogP contribution in [0.3, 0.4) is 0 Å². The molecule has 0 aliphatic rings. The van der Waals surface area contributed by atoms with Crippen LogP contribution >= 0.6 is 0 Å². The second-order valence-electron chi connectivity index (χ2n) is 3.56. The maximum absolute atomic E-state index is 11.4. The lowest BCUT2D eigenvalue weighted by atomic mass is 9.95. The fraction of sp³-hybridized carbons (Fsp3) is 0.800. The molecule has 14 heavy (non-hydrogen) atoms. The predicted octanol–water partition coefficient (Wildman–Crippen LogP) is 1.26. The van der Waals surface area contributed by atoms with E-state index in [1.165, 1.54) is 0 Å². The van der Waals surface area contributed by atoms with E-state index in [1.807, 2.05) is 6.92 Å². The molecule has 4 heteroatoms. The minimum Gasteiger partial charge on any atom is -0.481 e. The van der Waals surface area contributed by atoms with Gasteiger partial charge < -0.3 is 10.4 Å². The molecule has 0 aliphatic carbocycles. The summed E-state index contributed by atoms with van der Waals surface area (Å²) in [5, 5.41) is 11.4. The zero-order valence-electron chi connectivity index (χ0n) is 9.04. The van der Waals surface area contributed by atoms with Crippen LogP contribution in [-0.4, -0.2) is 23.5 Å². The van der Waals surface area contributed by atoms with Crippen LogP contribution in [0.25, 0.3) is 0 Å². The number of rotatable bonds is 6. The average molecular weight is 201 g/mol. The van der Waals surface area contributed by atoms with E-state index >= 15 is 0 Å². The maximum Gasteiger partial charge on any atom is 0.307 e. The molecule has 2 atom stereocenters. The molecule has 0 heterocycles. The molecule has 2 unspecified atom stereocenters. The number of carboxylic acid groups (broad SMARTS) is 1. The van der Waals surface area contributed by atoms with Gasteiger partial charge in [0.1, 0.15) is 0 Å². The number of aliphatic carboxylic acids is 1. The standard InChI is InChI=1S/C10H19NO3/c1-4-5-6-11-9(12)7(2)8(3)10(13)14/h7-8H,4-6H2,1-3H3,(H,11,12)(H,13,14). The molecule has 0 saturated heterocycles. The number of carboxylic acids is 1. The van der Waals surface area contributed by atoms with Crippen molar-refractivity contribution < 1.29 is 14.7 Å². The fourth-order valence-corrected chi connectivity index (χ4v) is 0.990. The first-order valence-corrected chi connectivity index (χ1v) is 5.01. The van der Waals surface area contributed by atoms with E-state index in [2.05, 4.69) is 5.32 Å². The molecule has 0 fully saturated rings. The Bertz CT molecular complexity index is 204. The molecular weight excluding hydrogens is 182 g/mol. The topological polar surface area (TPSA) is 66.4 Å². The van der Waals surface area contributed by atoms with Crippen LogP contribution in [0.2, 0.25) is 0 Å². The first-order valence-electron chi connectivity index (χ1n) is 5.01. The summed E-state index contributed by atoms with van der Waals surface area (Å²) in [5.74, 6) is -2.20. The van der Waals surface area contributed by atoms with Gasteiger partial charge in [-0.3, -0.25) is 9.59 Å². The highest BCUT2D eigenvalue weighted by Crippen LogP contribution is 2.10. The minimum atomic E-state index is -0.928. The van der Waals surface area contributed by atoms with Crippen molar-refractivity contribution in [2.45, 2.75) is 33.6 Å². The van der Waals surface area contributed by atoms with Crippen molar-refractivity contribution in [3.63, 3.8) is 0 Å². The molecule has 0 aromatic rings. The Kier molecular flexibility index (Phi) is 5.92. The summed E-state index contributed by atoms with van der Waals surface area (Å²) < 4.78 is 0. The average Bonchev–Trinajstić information content (AvgIpc) is 2.15. The van der Waals surface area contributed by atoms with Crippen molar-refractivity contribution >= 4 is 11.9 Å². The lowest BCUT2D eigenvalue weighted by Gasteiger charge is -2.15. The van der Waals surface area contributed by atoms with Crippen molar-refractivity contribution in [3.05, 3.63) is 0 Å². The molecule has 0 aromatic carbocycles. The van der Waals surface area contributed by atoms with Crippen molar-refractivity contribution in [1.29, 1.82) is 0 Å². The molecule has 1 amide bonds. The van der Waals surface area contributed by atoms with E-state index in [9.17, 15) is 9.59 Å². The minimum absolute atomic E-state index is 0.173. The van der Waals surface area contributed by atoms with Gasteiger partial charge in [0.2, 0.25) is 5.91 Å². The van der Waals surface area contributed by atoms with E-state index in [0.717, 1.165) is 12.8 Å². The van der Waals surface area contributed by atoms with E-state index in [1.54, 1.807) is 13.8 Å². The molecule has 0 spiro atoms. The van der Waals surface area contributed by atoms with Gasteiger partial charge in [-0.1, -0.05) is 27.2 Å². The van der Waals surface area contributed by atoms with E-state index < -0.39 is 17.8 Å². The van der Waals surface area contributed by atoms with Gasteiger partial charge in [-0.05, 0) is 6.42 Å². The first-order chi connectivity index (χ1) is 6.50. The second kappa shape index (κ2) is 6.40. The van der Waals surface area contributed by atoms with Crippen molar-refractivity contribution in [3.8, 4) is 0 Å². The van der Waals surface area contributed by atoms with E-state index in [4.69, 9.17) is 5.11 Å². The van der Waals surface area contributed by atoms with Gasteiger partial charge in [0.05, 0.1) is 5.92 Å². The van der Waals surface area contributed by atoms with Gasteiger partial charge in [-0.15, -0.1) is 0 Å². The summed E-state index contributed by atoms with van der Waals surface area (Å²) in [6, 6.07) is 0. The Morgan fingerprint density at radius 1 is 1.29 bits per heavy atom. The lowest BCUT2D eigenvalue weighted by Crippen LogP contribution is -2.35. The van der Waals surface area contributed by atoms with Crippen molar-refractivity contribution in [2.75, 3.05) is 6.54 Å². The Morgan fingerprint density at radius 3 is 2.29 bits per heavy atom. The summed E-state index contributed by atoms with van der Waals surface area (Å²) in [6.07, 6.45) is 1.95. The lowest BCUT2D eigenvalue weighted by molar-refractivity contribution is -0.146. The van der Waals surface area contributed by atoms with Crippen LogP contribution in [0, 0.1) is 11.8 Å². The molecule has 0 aromatic heterocycles. The van der Waals surface area contributed by atoms with E-state index in [0.29, 0.717) is 6.54 Å². The van der Waals surface area contributed by atoms with Gasteiger partial charge in [-0.2, -0.15) is 0 Å². The fourth-order valence-electron chi connectivity index (χ4n) is 0.990. The van der Waals surface area contributed by atoms with Crippen molar-refractivity contribution in [2.24, 2.45) is 11.8 Å². The first kappa shape index (κ1) is 12.9. The zero-order chi connectivity index (χ0) is 11.1. The Hall–Kier alpha value is -1.06. The van der Waals surface area contributed by atoms with Gasteiger partial charge in [0.15, 0.2) is 0 Å². The molecule has 0 saturated carbocycles. The van der Waals surface area contributed by atoms with Crippen LogP contribution in [0.4, 0.5) is 0 Å². The second-order valence-corrected chi connectivity index (χ2v) is 3.56. The highest BCUT2D eigenvalue weighted by molar-refractivity contribution is 5.84. The molecular formula is C10H19NO3. The normalized spacial score (nSPS) is 14.5. The third-order valence-electron chi connectivity index (χ3n) is 2.38. The van der Waals surface area contributed by atoms with Gasteiger partial charge in [0.25, 0.3) is 0 Å². The predicted molar refractivity (Wildman–Crippen MR) is 53.9 cm³/mol. The van der Waals surface area contributed by atoms with E-state index in [-0.39, 0.29) is 5.91 Å². The zero-order valence-corrected chi connectivity index (χ0v) is 9.04. The highest BCUT2D eigenvalue weighted by Gasteiger charge is 2.25. The Balaban J connectivity index is 3.92. The summed E-state index contributed by atoms with van der Waals surface area (Å²) in [5.41, 5.74) is 0. The Morgan fingerprint density at radius 2 is 1.86 bits per heavy atom. The van der Waals surface area contributed by atoms with Gasteiger partial charge in [-0.25, -0.2) is 0 Å². The van der Waals surface area contributed by atoms with Crippen LogP contribution in [-0.2, 0) is 9.59 Å². The molecule has 0 radical (unpaired) electrons. The van der Waals surface area contributed by atoms with Crippen LogP contribution in [0.5, 0.6) is 0 Å². The number of nitrogens with one attached hydrogen (secondary N) is 1. The smallest absolute Gasteiger partial charge is 0.307 e. The maximum atomic E-state index is 11.4. The summed E-state index contributed by atoms with van der Waals surface area (Å²) in [4.78, 5) is 22.0. The molecule has 4 nitrogen and oxygen atoms in total. The number of hydrogen-bond donors (Lipinski definition) is 2. The third-order valence-corrected chi connectivity index (χ3v) is 2.38. The van der Waals surface area contributed by atoms with Crippen LogP contribution in [0.15, 0.2) is 0 Å². The highest BCUT2D eigenvalue weighted by atomic mass is 16.4. The largest absolute Gasteiger partial charge is 0.481 e. The number of carbonyl (C=O) groups is 2. The number of amides is 1. The summed E-state index contributed by atoms with van der Waals surface area (Å²) >= 11 is 0. The number of hydrogen-bond acceptors (Lipinski definition) is 2. The van der Waals surface area contributed by atoms with Gasteiger partial charge >= 0.3 is 5.97 Å². The molecule has 82 valence electrons. The summed E-state index contributed by atoms with van der Waals surface area (Å²) in [7, 11) is 0. The third kappa shape index (κ3) is 4.25. The summed E-state index contributed by atoms with van der Waals surface area (Å²) in [6.45, 7) is 5.86. The van der Waals surface area contributed by atoms with Crippen LogP contribution in [0.1, 0.15) is 33.6 Å².